The van der Waals surface area contributed by atoms with E-state index in [1.54, 1.807) is 17.7 Å². The largest absolute Gasteiger partial charge is 0.320 e. The van der Waals surface area contributed by atoms with E-state index in [-0.39, 0.29) is 0 Å². The number of hydrogen-bond donors (Lipinski definition) is 2. The zero-order valence-corrected chi connectivity index (χ0v) is 11.5. The fourth-order valence-electron chi connectivity index (χ4n) is 1.68. The van der Waals surface area contributed by atoms with E-state index in [1.807, 2.05) is 18.4 Å². The molecular weight excluding hydrogens is 272 g/mol. The van der Waals surface area contributed by atoms with Gasteiger partial charge in [-0.1, -0.05) is 29.4 Å². The molecule has 8 heteroatoms. The zero-order valence-electron chi connectivity index (χ0n) is 9.96. The van der Waals surface area contributed by atoms with Crippen LogP contribution >= 0.6 is 23.4 Å². The van der Waals surface area contributed by atoms with Gasteiger partial charge in [-0.05, 0) is 18.4 Å². The van der Waals surface area contributed by atoms with Crippen molar-refractivity contribution in [2.24, 2.45) is 16.8 Å². The van der Waals surface area contributed by atoms with Gasteiger partial charge >= 0.3 is 0 Å². The molecule has 1 aromatic heterocycles. The molecule has 18 heavy (non-hydrogen) atoms. The van der Waals surface area contributed by atoms with Crippen LogP contribution in [0.15, 0.2) is 28.5 Å². The predicted octanol–water partition coefficient (Wildman–Crippen LogP) is 1.29. The van der Waals surface area contributed by atoms with Crippen molar-refractivity contribution in [1.82, 2.24) is 14.6 Å². The van der Waals surface area contributed by atoms with Gasteiger partial charge in [-0.3, -0.25) is 9.58 Å². The van der Waals surface area contributed by atoms with Gasteiger partial charge in [0.15, 0.2) is 5.16 Å². The first kappa shape index (κ1) is 13.0. The molecule has 4 N–H and O–H groups in total. The quantitative estimate of drug-likeness (QED) is 0.271. The minimum atomic E-state index is 0.393. The highest BCUT2D eigenvalue weighted by Crippen LogP contribution is 2.27. The lowest BCUT2D eigenvalue weighted by Gasteiger charge is -2.16. The van der Waals surface area contributed by atoms with Crippen molar-refractivity contribution < 1.29 is 0 Å². The summed E-state index contributed by atoms with van der Waals surface area (Å²) in [6, 6.07) is 5.52. The highest BCUT2D eigenvalue weighted by molar-refractivity contribution is 7.98. The summed E-state index contributed by atoms with van der Waals surface area (Å²) in [5.74, 6) is 11.5. The summed E-state index contributed by atoms with van der Waals surface area (Å²) in [7, 11) is 1.66. The number of benzene rings is 1. The summed E-state index contributed by atoms with van der Waals surface area (Å²) >= 11 is 7.59. The number of imidazole rings is 1. The van der Waals surface area contributed by atoms with E-state index >= 15 is 0 Å². The Hall–Kier alpha value is -1.44. The molecule has 0 saturated heterocycles. The topological polar surface area (TPSA) is 85.5 Å². The van der Waals surface area contributed by atoms with Crippen molar-refractivity contribution in [2.75, 3.05) is 13.3 Å². The van der Waals surface area contributed by atoms with Crippen LogP contribution in [0.25, 0.3) is 11.0 Å². The second kappa shape index (κ2) is 5.05. The van der Waals surface area contributed by atoms with Crippen LogP contribution < -0.4 is 11.7 Å². The molecule has 0 atom stereocenters. The number of thioether (sulfide) groups is 1. The highest BCUT2D eigenvalue weighted by Gasteiger charge is 2.17. The average molecular weight is 285 g/mol. The molecule has 6 nitrogen and oxygen atoms in total. The van der Waals surface area contributed by atoms with Crippen molar-refractivity contribution in [1.29, 1.82) is 0 Å². The zero-order chi connectivity index (χ0) is 13.3. The molecule has 0 spiro atoms. The third-order valence-electron chi connectivity index (χ3n) is 2.42. The Morgan fingerprint density at radius 1 is 1.56 bits per heavy atom. The summed E-state index contributed by atoms with van der Waals surface area (Å²) in [4.78, 5) is 4.46. The third kappa shape index (κ3) is 2.00. The number of hydrazine groups is 1. The normalized spacial score (nSPS) is 12.1. The standard InChI is InChI=1S/C10H13ClN6S/c1-16(13)9(15-12)17-7-5-3-4-6(11)8(7)14-10(17)18-2/h3-5H,12-13H2,1-2H3/b15-9+. The molecule has 0 fully saturated rings. The molecule has 0 unspecified atom stereocenters. The van der Waals surface area contributed by atoms with Gasteiger partial charge in [-0.15, -0.1) is 5.10 Å². The SMILES string of the molecule is CSc1nc2c(Cl)cccc2n1/C(=N/N)N(C)N. The van der Waals surface area contributed by atoms with E-state index in [0.717, 1.165) is 10.7 Å². The van der Waals surface area contributed by atoms with E-state index in [9.17, 15) is 0 Å². The number of hydrogen-bond acceptors (Lipinski definition) is 5. The Morgan fingerprint density at radius 3 is 2.83 bits per heavy atom. The van der Waals surface area contributed by atoms with Gasteiger partial charge < -0.3 is 5.84 Å². The first-order valence-corrected chi connectivity index (χ1v) is 6.68. The van der Waals surface area contributed by atoms with E-state index < -0.39 is 0 Å². The van der Waals surface area contributed by atoms with Crippen LogP contribution in [-0.4, -0.2) is 33.8 Å². The predicted molar refractivity (Wildman–Crippen MR) is 75.5 cm³/mol. The Balaban J connectivity index is 2.79. The van der Waals surface area contributed by atoms with E-state index in [1.165, 1.54) is 16.8 Å². The van der Waals surface area contributed by atoms with Gasteiger partial charge in [-0.25, -0.2) is 10.8 Å². The number of nitrogens with two attached hydrogens (primary N) is 2. The first-order chi connectivity index (χ1) is 8.60. The van der Waals surface area contributed by atoms with E-state index in [2.05, 4.69) is 10.1 Å². The van der Waals surface area contributed by atoms with Crippen LogP contribution in [0.3, 0.4) is 0 Å². The molecule has 1 aromatic carbocycles. The number of fused-ring (bicyclic) bond motifs is 1. The van der Waals surface area contributed by atoms with Gasteiger partial charge in [0.25, 0.3) is 0 Å². The van der Waals surface area contributed by atoms with Crippen LogP contribution in [-0.2, 0) is 0 Å². The maximum Gasteiger partial charge on any atom is 0.243 e. The van der Waals surface area contributed by atoms with E-state index in [0.29, 0.717) is 16.5 Å². The number of nitrogens with zero attached hydrogens (tertiary/aromatic N) is 4. The fraction of sp³-hybridized carbons (Fsp3) is 0.200. The van der Waals surface area contributed by atoms with Crippen molar-refractivity contribution in [3.05, 3.63) is 23.2 Å². The molecule has 2 aromatic rings. The Morgan fingerprint density at radius 2 is 2.28 bits per heavy atom. The van der Waals surface area contributed by atoms with Gasteiger partial charge in [-0.2, -0.15) is 0 Å². The van der Waals surface area contributed by atoms with Gasteiger partial charge in [0.2, 0.25) is 5.96 Å². The molecule has 2 rings (SSSR count). The Bertz CT molecular complexity index is 606. The number of halogens is 1. The van der Waals surface area contributed by atoms with Crippen molar-refractivity contribution in [3.8, 4) is 0 Å². The maximum absolute atomic E-state index is 6.13. The summed E-state index contributed by atoms with van der Waals surface area (Å²) in [5, 5.41) is 6.34. The van der Waals surface area contributed by atoms with Crippen LogP contribution in [0.4, 0.5) is 0 Å². The van der Waals surface area contributed by atoms with Crippen molar-refractivity contribution in [2.45, 2.75) is 5.16 Å². The molecule has 0 aliphatic rings. The number of para-hydroxylation sites is 1. The average Bonchev–Trinajstić information content (AvgIpc) is 2.70. The van der Waals surface area contributed by atoms with Crippen LogP contribution in [0.2, 0.25) is 5.02 Å². The highest BCUT2D eigenvalue weighted by atomic mass is 35.5. The second-order valence-electron chi connectivity index (χ2n) is 3.58. The molecule has 0 saturated carbocycles. The molecule has 0 amide bonds. The van der Waals surface area contributed by atoms with Crippen molar-refractivity contribution >= 4 is 40.4 Å². The lowest BCUT2D eigenvalue weighted by atomic mass is 10.3. The van der Waals surface area contributed by atoms with E-state index in [4.69, 9.17) is 23.3 Å². The lowest BCUT2D eigenvalue weighted by Crippen LogP contribution is -2.39. The van der Waals surface area contributed by atoms with Crippen LogP contribution in [0, 0.1) is 0 Å². The third-order valence-corrected chi connectivity index (χ3v) is 3.36. The minimum absolute atomic E-state index is 0.393. The van der Waals surface area contributed by atoms with Crippen molar-refractivity contribution in [3.63, 3.8) is 0 Å². The van der Waals surface area contributed by atoms with Gasteiger partial charge in [0, 0.05) is 7.05 Å². The Labute approximate surface area is 114 Å². The Kier molecular flexibility index (Phi) is 3.65. The number of hydrazone groups is 1. The summed E-state index contributed by atoms with van der Waals surface area (Å²) in [5.41, 5.74) is 1.51. The smallest absolute Gasteiger partial charge is 0.243 e. The lowest BCUT2D eigenvalue weighted by molar-refractivity contribution is 0.511. The number of rotatable bonds is 1. The molecular formula is C10H13ClN6S. The molecule has 0 aliphatic carbocycles. The summed E-state index contributed by atoms with van der Waals surface area (Å²) < 4.78 is 1.77. The maximum atomic E-state index is 6.13. The summed E-state index contributed by atoms with van der Waals surface area (Å²) in [6.07, 6.45) is 1.91. The second-order valence-corrected chi connectivity index (χ2v) is 4.76. The molecule has 1 heterocycles. The van der Waals surface area contributed by atoms with Crippen LogP contribution in [0.1, 0.15) is 0 Å². The fourth-order valence-corrected chi connectivity index (χ4v) is 2.44. The molecule has 0 bridgehead atoms. The summed E-state index contributed by atoms with van der Waals surface area (Å²) in [6.45, 7) is 0. The molecule has 96 valence electrons. The minimum Gasteiger partial charge on any atom is -0.320 e. The molecule has 0 radical (unpaired) electrons. The molecule has 0 aliphatic heterocycles. The first-order valence-electron chi connectivity index (χ1n) is 5.07. The monoisotopic (exact) mass is 284 g/mol. The van der Waals surface area contributed by atoms with Gasteiger partial charge in [0.05, 0.1) is 10.5 Å². The van der Waals surface area contributed by atoms with Crippen LogP contribution in [0.5, 0.6) is 0 Å². The number of aromatic nitrogens is 2. The van der Waals surface area contributed by atoms with Gasteiger partial charge in [0.1, 0.15) is 5.52 Å².